The van der Waals surface area contributed by atoms with Crippen molar-refractivity contribution in [3.8, 4) is 10.7 Å². The smallest absolute Gasteiger partial charge is 0.255 e. The van der Waals surface area contributed by atoms with E-state index in [1.165, 1.54) is 11.3 Å². The normalized spacial score (nSPS) is 22.3. The van der Waals surface area contributed by atoms with E-state index in [1.807, 2.05) is 18.4 Å². The predicted molar refractivity (Wildman–Crippen MR) is 81.1 cm³/mol. The summed E-state index contributed by atoms with van der Waals surface area (Å²) in [6.07, 6.45) is 4.49. The molecule has 6 heteroatoms. The number of likely N-dealkylation sites (tertiary alicyclic amines) is 1. The van der Waals surface area contributed by atoms with E-state index >= 15 is 0 Å². The molecule has 1 aliphatic rings. The number of aromatic nitrogens is 2. The van der Waals surface area contributed by atoms with Gasteiger partial charge in [0.25, 0.3) is 5.91 Å². The van der Waals surface area contributed by atoms with Crippen LogP contribution in [0.4, 0.5) is 0 Å². The lowest BCUT2D eigenvalue weighted by Gasteiger charge is -2.36. The van der Waals surface area contributed by atoms with Crippen LogP contribution in [0.2, 0.25) is 0 Å². The lowest BCUT2D eigenvalue weighted by atomic mass is 10.0. The van der Waals surface area contributed by atoms with Gasteiger partial charge in [-0.05, 0) is 37.3 Å². The van der Waals surface area contributed by atoms with Gasteiger partial charge in [0.2, 0.25) is 0 Å². The van der Waals surface area contributed by atoms with Crippen molar-refractivity contribution in [3.63, 3.8) is 0 Å². The Bertz CT molecular complexity index is 629. The van der Waals surface area contributed by atoms with E-state index in [0.29, 0.717) is 17.9 Å². The van der Waals surface area contributed by atoms with Crippen LogP contribution in [0.15, 0.2) is 29.9 Å². The number of carbonyl (C=O) groups excluding carboxylic acids is 1. The highest BCUT2D eigenvalue weighted by Gasteiger charge is 2.30. The largest absolute Gasteiger partial charge is 0.391 e. The third-order valence-electron chi connectivity index (χ3n) is 3.78. The number of piperidine rings is 1. The molecule has 21 heavy (non-hydrogen) atoms. The summed E-state index contributed by atoms with van der Waals surface area (Å²) in [6.45, 7) is 2.42. The fraction of sp³-hybridized carbons (Fsp3) is 0.400. The minimum absolute atomic E-state index is 0.0510. The van der Waals surface area contributed by atoms with Crippen molar-refractivity contribution in [1.29, 1.82) is 0 Å². The molecule has 3 rings (SSSR count). The molecule has 0 spiro atoms. The van der Waals surface area contributed by atoms with Crippen LogP contribution in [-0.4, -0.2) is 44.6 Å². The number of aliphatic hydroxyl groups excluding tert-OH is 1. The Morgan fingerprint density at radius 2 is 2.14 bits per heavy atom. The highest BCUT2D eigenvalue weighted by Crippen LogP contribution is 2.29. The molecule has 1 aliphatic heterocycles. The molecule has 110 valence electrons. The predicted octanol–water partition coefficient (Wildman–Crippen LogP) is 2.19. The van der Waals surface area contributed by atoms with Crippen LogP contribution in [0.1, 0.15) is 30.1 Å². The van der Waals surface area contributed by atoms with Crippen LogP contribution in [0, 0.1) is 0 Å². The Kier molecular flexibility index (Phi) is 3.98. The summed E-state index contributed by atoms with van der Waals surface area (Å²) >= 11 is 1.46. The number of carbonyl (C=O) groups is 1. The van der Waals surface area contributed by atoms with Gasteiger partial charge in [-0.15, -0.1) is 11.3 Å². The van der Waals surface area contributed by atoms with Crippen molar-refractivity contribution in [3.05, 3.63) is 35.5 Å². The molecule has 0 bridgehead atoms. The first-order valence-electron chi connectivity index (χ1n) is 7.00. The molecule has 0 aliphatic carbocycles. The molecular formula is C15H17N3O2S. The quantitative estimate of drug-likeness (QED) is 0.923. The van der Waals surface area contributed by atoms with Gasteiger partial charge in [-0.25, -0.2) is 9.97 Å². The highest BCUT2D eigenvalue weighted by molar-refractivity contribution is 7.13. The van der Waals surface area contributed by atoms with E-state index in [1.54, 1.807) is 23.4 Å². The number of hydrogen-bond acceptors (Lipinski definition) is 5. The number of aliphatic hydroxyl groups is 1. The van der Waals surface area contributed by atoms with Crippen molar-refractivity contribution in [2.75, 3.05) is 6.54 Å². The highest BCUT2D eigenvalue weighted by atomic mass is 32.1. The number of thiophene rings is 1. The SMILES string of the molecule is CC1CCC(O)CN1C(=O)c1ccsc1-c1ncccn1. The second-order valence-corrected chi connectivity index (χ2v) is 6.19. The molecule has 5 nitrogen and oxygen atoms in total. The van der Waals surface area contributed by atoms with Gasteiger partial charge in [-0.1, -0.05) is 0 Å². The topological polar surface area (TPSA) is 66.3 Å². The lowest BCUT2D eigenvalue weighted by Crippen LogP contribution is -2.47. The Balaban J connectivity index is 1.91. The van der Waals surface area contributed by atoms with E-state index < -0.39 is 6.10 Å². The van der Waals surface area contributed by atoms with Crippen LogP contribution in [0.3, 0.4) is 0 Å². The molecule has 0 saturated carbocycles. The van der Waals surface area contributed by atoms with Gasteiger partial charge in [0.1, 0.15) is 0 Å². The molecule has 1 fully saturated rings. The molecule has 0 aromatic carbocycles. The van der Waals surface area contributed by atoms with E-state index in [0.717, 1.165) is 17.7 Å². The second kappa shape index (κ2) is 5.91. The molecule has 2 unspecified atom stereocenters. The van der Waals surface area contributed by atoms with Crippen LogP contribution in [-0.2, 0) is 0 Å². The van der Waals surface area contributed by atoms with E-state index in [2.05, 4.69) is 9.97 Å². The molecule has 2 atom stereocenters. The average Bonchev–Trinajstić information content (AvgIpc) is 2.99. The zero-order valence-corrected chi connectivity index (χ0v) is 12.6. The van der Waals surface area contributed by atoms with E-state index in [-0.39, 0.29) is 11.9 Å². The monoisotopic (exact) mass is 303 g/mol. The molecule has 2 aromatic rings. The maximum atomic E-state index is 12.8. The zero-order chi connectivity index (χ0) is 14.8. The molecule has 1 N–H and O–H groups in total. The van der Waals surface area contributed by atoms with Gasteiger partial charge in [0.15, 0.2) is 5.82 Å². The summed E-state index contributed by atoms with van der Waals surface area (Å²) in [5.74, 6) is 0.519. The minimum Gasteiger partial charge on any atom is -0.391 e. The average molecular weight is 303 g/mol. The van der Waals surface area contributed by atoms with Crippen LogP contribution in [0.25, 0.3) is 10.7 Å². The summed E-state index contributed by atoms with van der Waals surface area (Å²) in [5.41, 5.74) is 0.618. The van der Waals surface area contributed by atoms with Gasteiger partial charge in [-0.2, -0.15) is 0 Å². The van der Waals surface area contributed by atoms with Gasteiger partial charge in [-0.3, -0.25) is 4.79 Å². The fourth-order valence-corrected chi connectivity index (χ4v) is 3.43. The van der Waals surface area contributed by atoms with Gasteiger partial charge in [0.05, 0.1) is 16.5 Å². The molecule has 1 amide bonds. The molecule has 1 saturated heterocycles. The van der Waals surface area contributed by atoms with Crippen LogP contribution < -0.4 is 0 Å². The van der Waals surface area contributed by atoms with Crippen molar-refractivity contribution in [2.45, 2.75) is 31.9 Å². The molecule has 3 heterocycles. The van der Waals surface area contributed by atoms with Crippen molar-refractivity contribution in [2.24, 2.45) is 0 Å². The maximum absolute atomic E-state index is 12.8. The fourth-order valence-electron chi connectivity index (χ4n) is 2.59. The van der Waals surface area contributed by atoms with Gasteiger partial charge in [0, 0.05) is 25.0 Å². The third kappa shape index (κ3) is 2.82. The summed E-state index contributed by atoms with van der Waals surface area (Å²) in [7, 11) is 0. The summed E-state index contributed by atoms with van der Waals surface area (Å²) in [5, 5.41) is 11.7. The minimum atomic E-state index is -0.430. The maximum Gasteiger partial charge on any atom is 0.255 e. The van der Waals surface area contributed by atoms with Gasteiger partial charge >= 0.3 is 0 Å². The van der Waals surface area contributed by atoms with E-state index in [9.17, 15) is 9.90 Å². The van der Waals surface area contributed by atoms with Crippen molar-refractivity contribution in [1.82, 2.24) is 14.9 Å². The summed E-state index contributed by atoms with van der Waals surface area (Å²) < 4.78 is 0. The van der Waals surface area contributed by atoms with Gasteiger partial charge < -0.3 is 10.0 Å². The first-order chi connectivity index (χ1) is 10.2. The van der Waals surface area contributed by atoms with Crippen LogP contribution in [0.5, 0.6) is 0 Å². The Hall–Kier alpha value is -1.79. The van der Waals surface area contributed by atoms with Crippen LogP contribution >= 0.6 is 11.3 Å². The zero-order valence-electron chi connectivity index (χ0n) is 11.8. The lowest BCUT2D eigenvalue weighted by molar-refractivity contribution is 0.0310. The number of amides is 1. The standard InChI is InChI=1S/C15H17N3O2S/c1-10-3-4-11(19)9-18(10)15(20)12-5-8-21-13(12)14-16-6-2-7-17-14/h2,5-8,10-11,19H,3-4,9H2,1H3. The Labute approximate surface area is 127 Å². The van der Waals surface area contributed by atoms with Crippen molar-refractivity contribution >= 4 is 17.2 Å². The molecular weight excluding hydrogens is 286 g/mol. The van der Waals surface area contributed by atoms with Crippen molar-refractivity contribution < 1.29 is 9.90 Å². The second-order valence-electron chi connectivity index (χ2n) is 5.27. The molecule has 0 radical (unpaired) electrons. The number of β-amino-alcohol motifs (C(OH)–C–C–N with tert-alkyl or cyclic N) is 1. The summed E-state index contributed by atoms with van der Waals surface area (Å²) in [4.78, 5) is 23.8. The number of rotatable bonds is 2. The third-order valence-corrected chi connectivity index (χ3v) is 4.69. The molecule has 2 aromatic heterocycles. The number of nitrogens with zero attached hydrogens (tertiary/aromatic N) is 3. The Morgan fingerprint density at radius 3 is 2.90 bits per heavy atom. The first-order valence-corrected chi connectivity index (χ1v) is 7.88. The summed E-state index contributed by atoms with van der Waals surface area (Å²) in [6, 6.07) is 3.71. The Morgan fingerprint density at radius 1 is 1.38 bits per heavy atom. The first kappa shape index (κ1) is 14.2. The number of hydrogen-bond donors (Lipinski definition) is 1. The van der Waals surface area contributed by atoms with E-state index in [4.69, 9.17) is 0 Å².